The zero-order chi connectivity index (χ0) is 20.9. The number of amides is 1. The number of aromatic nitrogens is 5. The Morgan fingerprint density at radius 2 is 2.03 bits per heavy atom. The maximum Gasteiger partial charge on any atom is 0.236 e. The number of benzene rings is 1. The van der Waals surface area contributed by atoms with Crippen LogP contribution < -0.4 is 5.32 Å². The van der Waals surface area contributed by atoms with Crippen LogP contribution in [-0.2, 0) is 11.2 Å². The van der Waals surface area contributed by atoms with E-state index in [9.17, 15) is 4.79 Å². The molecule has 1 amide bonds. The Bertz CT molecular complexity index is 1120. The number of imidazole rings is 1. The van der Waals surface area contributed by atoms with E-state index in [-0.39, 0.29) is 18.4 Å². The van der Waals surface area contributed by atoms with Crippen LogP contribution in [0.4, 0.5) is 0 Å². The Morgan fingerprint density at radius 1 is 1.17 bits per heavy atom. The van der Waals surface area contributed by atoms with Crippen molar-refractivity contribution in [2.75, 3.05) is 0 Å². The van der Waals surface area contributed by atoms with Gasteiger partial charge in [0.2, 0.25) is 17.6 Å². The van der Waals surface area contributed by atoms with Crippen LogP contribution in [0.2, 0.25) is 0 Å². The second-order valence-corrected chi connectivity index (χ2v) is 7.18. The summed E-state index contributed by atoms with van der Waals surface area (Å²) in [6, 6.07) is 11.7. The maximum absolute atomic E-state index is 12.3. The number of carbonyl (C=O) groups is 1. The summed E-state index contributed by atoms with van der Waals surface area (Å²) in [6.07, 6.45) is 6.56. The molecule has 1 atom stereocenters. The molecule has 0 aliphatic carbocycles. The molecule has 0 bridgehead atoms. The average molecular weight is 404 g/mol. The van der Waals surface area contributed by atoms with Gasteiger partial charge < -0.3 is 9.84 Å². The molecule has 1 aromatic carbocycles. The number of nitrogens with zero attached hydrogens (tertiary/aromatic N) is 5. The van der Waals surface area contributed by atoms with Crippen LogP contribution in [0.5, 0.6) is 0 Å². The fraction of sp³-hybridized carbons (Fsp3) is 0.318. The summed E-state index contributed by atoms with van der Waals surface area (Å²) in [5, 5.41) is 11.3. The molecule has 4 aromatic rings. The molecule has 0 aliphatic heterocycles. The Labute approximate surface area is 174 Å². The van der Waals surface area contributed by atoms with Crippen LogP contribution in [0.25, 0.3) is 28.3 Å². The van der Waals surface area contributed by atoms with Gasteiger partial charge in [0.15, 0.2) is 5.65 Å². The van der Waals surface area contributed by atoms with Gasteiger partial charge in [-0.25, -0.2) is 9.50 Å². The Hall–Kier alpha value is -3.55. The van der Waals surface area contributed by atoms with E-state index in [0.717, 1.165) is 41.7 Å². The summed E-state index contributed by atoms with van der Waals surface area (Å²) in [5.41, 5.74) is 3.30. The lowest BCUT2D eigenvalue weighted by molar-refractivity contribution is -0.121. The van der Waals surface area contributed by atoms with Gasteiger partial charge in [0.1, 0.15) is 6.42 Å². The van der Waals surface area contributed by atoms with Crippen LogP contribution in [0.15, 0.2) is 53.3 Å². The predicted octanol–water partition coefficient (Wildman–Crippen LogP) is 3.68. The molecule has 4 rings (SSSR count). The molecule has 1 N–H and O–H groups in total. The molecule has 3 heterocycles. The van der Waals surface area contributed by atoms with Crippen molar-refractivity contribution in [3.63, 3.8) is 0 Å². The van der Waals surface area contributed by atoms with Crippen LogP contribution in [0.1, 0.15) is 39.0 Å². The van der Waals surface area contributed by atoms with Crippen molar-refractivity contribution in [1.82, 2.24) is 30.1 Å². The molecule has 0 saturated heterocycles. The number of fused-ring (bicyclic) bond motifs is 1. The molecule has 154 valence electrons. The highest BCUT2D eigenvalue weighted by atomic mass is 16.5. The lowest BCUT2D eigenvalue weighted by atomic mass is 10.1. The van der Waals surface area contributed by atoms with Gasteiger partial charge in [-0.15, -0.1) is 0 Å². The molecule has 1 unspecified atom stereocenters. The molecular formula is C22H24N6O2. The van der Waals surface area contributed by atoms with Crippen molar-refractivity contribution in [2.24, 2.45) is 0 Å². The first-order valence-corrected chi connectivity index (χ1v) is 10.2. The molecular weight excluding hydrogens is 380 g/mol. The van der Waals surface area contributed by atoms with Gasteiger partial charge in [-0.3, -0.25) is 4.79 Å². The van der Waals surface area contributed by atoms with Gasteiger partial charge >= 0.3 is 0 Å². The number of carbonyl (C=O) groups excluding carboxylic acids is 1. The first-order valence-electron chi connectivity index (χ1n) is 10.2. The molecule has 0 fully saturated rings. The minimum atomic E-state index is -0.101. The topological polar surface area (TPSA) is 98.2 Å². The van der Waals surface area contributed by atoms with Crippen LogP contribution in [0, 0.1) is 0 Å². The van der Waals surface area contributed by atoms with E-state index in [2.05, 4.69) is 39.4 Å². The van der Waals surface area contributed by atoms with Crippen LogP contribution in [0.3, 0.4) is 0 Å². The molecule has 0 spiro atoms. The fourth-order valence-corrected chi connectivity index (χ4v) is 3.37. The Morgan fingerprint density at radius 3 is 2.83 bits per heavy atom. The van der Waals surface area contributed by atoms with Crippen LogP contribution >= 0.6 is 0 Å². The van der Waals surface area contributed by atoms with Gasteiger partial charge in [0.05, 0.1) is 11.9 Å². The summed E-state index contributed by atoms with van der Waals surface area (Å²) in [7, 11) is 0. The highest BCUT2D eigenvalue weighted by Gasteiger charge is 2.16. The summed E-state index contributed by atoms with van der Waals surface area (Å²) in [5.74, 6) is 0.648. The second kappa shape index (κ2) is 8.86. The zero-order valence-electron chi connectivity index (χ0n) is 17.1. The van der Waals surface area contributed by atoms with E-state index in [1.807, 2.05) is 42.6 Å². The van der Waals surface area contributed by atoms with E-state index >= 15 is 0 Å². The number of nitrogens with one attached hydrogen (secondary N) is 1. The minimum absolute atomic E-state index is 0.0744. The van der Waals surface area contributed by atoms with Crippen molar-refractivity contribution in [3.05, 3.63) is 54.7 Å². The summed E-state index contributed by atoms with van der Waals surface area (Å²) in [6.45, 7) is 4.17. The highest BCUT2D eigenvalue weighted by molar-refractivity contribution is 5.78. The van der Waals surface area contributed by atoms with Crippen molar-refractivity contribution >= 4 is 11.6 Å². The van der Waals surface area contributed by atoms with E-state index < -0.39 is 0 Å². The third-order valence-electron chi connectivity index (χ3n) is 4.93. The quantitative estimate of drug-likeness (QED) is 0.481. The van der Waals surface area contributed by atoms with E-state index in [1.54, 1.807) is 10.7 Å². The Kier molecular flexibility index (Phi) is 5.83. The number of hydrogen-bond donors (Lipinski definition) is 1. The molecule has 3 aromatic heterocycles. The number of rotatable bonds is 8. The summed E-state index contributed by atoms with van der Waals surface area (Å²) >= 11 is 0. The predicted molar refractivity (Wildman–Crippen MR) is 113 cm³/mol. The van der Waals surface area contributed by atoms with Gasteiger partial charge in [0, 0.05) is 23.4 Å². The van der Waals surface area contributed by atoms with Crippen LogP contribution in [-0.4, -0.2) is 36.7 Å². The molecule has 8 nitrogen and oxygen atoms in total. The van der Waals surface area contributed by atoms with E-state index in [0.29, 0.717) is 11.7 Å². The smallest absolute Gasteiger partial charge is 0.236 e. The largest absolute Gasteiger partial charge is 0.353 e. The molecule has 30 heavy (non-hydrogen) atoms. The lowest BCUT2D eigenvalue weighted by Crippen LogP contribution is -2.35. The third kappa shape index (κ3) is 4.37. The standard InChI is InChI=1S/C22H24N6O2/c1-3-7-17(4-2)24-20(29)13-21-26-22(27-30-21)16-9-5-8-15(12-16)18-14-28-19(25-18)10-6-11-23-28/h5-6,8-12,14,17H,3-4,7,13H2,1-2H3,(H,24,29). The lowest BCUT2D eigenvalue weighted by Gasteiger charge is -2.15. The zero-order valence-corrected chi connectivity index (χ0v) is 17.1. The third-order valence-corrected chi connectivity index (χ3v) is 4.93. The fourth-order valence-electron chi connectivity index (χ4n) is 3.37. The molecule has 8 heteroatoms. The van der Waals surface area contributed by atoms with Gasteiger partial charge in [0.25, 0.3) is 0 Å². The Balaban J connectivity index is 1.49. The molecule has 0 saturated carbocycles. The average Bonchev–Trinajstić information content (AvgIpc) is 3.40. The minimum Gasteiger partial charge on any atom is -0.353 e. The van der Waals surface area contributed by atoms with E-state index in [1.165, 1.54) is 0 Å². The van der Waals surface area contributed by atoms with Crippen molar-refractivity contribution in [1.29, 1.82) is 0 Å². The monoisotopic (exact) mass is 404 g/mol. The van der Waals surface area contributed by atoms with Crippen molar-refractivity contribution in [2.45, 2.75) is 45.6 Å². The highest BCUT2D eigenvalue weighted by Crippen LogP contribution is 2.24. The number of hydrogen-bond acceptors (Lipinski definition) is 6. The second-order valence-electron chi connectivity index (χ2n) is 7.18. The first-order chi connectivity index (χ1) is 14.7. The molecule has 0 aliphatic rings. The maximum atomic E-state index is 12.3. The normalized spacial score (nSPS) is 12.2. The SMILES string of the molecule is CCCC(CC)NC(=O)Cc1nc(-c2cccc(-c3cn4ncccc4n3)c2)no1. The molecule has 0 radical (unpaired) electrons. The van der Waals surface area contributed by atoms with Gasteiger partial charge in [-0.1, -0.05) is 43.6 Å². The summed E-state index contributed by atoms with van der Waals surface area (Å²) in [4.78, 5) is 21.3. The van der Waals surface area contributed by atoms with Gasteiger partial charge in [-0.2, -0.15) is 10.1 Å². The van der Waals surface area contributed by atoms with Gasteiger partial charge in [-0.05, 0) is 31.0 Å². The van der Waals surface area contributed by atoms with Crippen molar-refractivity contribution in [3.8, 4) is 22.6 Å². The van der Waals surface area contributed by atoms with E-state index in [4.69, 9.17) is 4.52 Å². The van der Waals surface area contributed by atoms with Crippen molar-refractivity contribution < 1.29 is 9.32 Å². The summed E-state index contributed by atoms with van der Waals surface area (Å²) < 4.78 is 7.04. The first kappa shape index (κ1) is 19.8.